The summed E-state index contributed by atoms with van der Waals surface area (Å²) in [7, 11) is 0. The molecule has 1 fully saturated rings. The maximum atomic E-state index is 9.42. The molecule has 0 aliphatic carbocycles. The van der Waals surface area contributed by atoms with E-state index in [1.165, 1.54) is 38.9 Å². The number of nitrogens with zero attached hydrogens (tertiary/aromatic N) is 1. The van der Waals surface area contributed by atoms with E-state index in [4.69, 9.17) is 0 Å². The van der Waals surface area contributed by atoms with Crippen molar-refractivity contribution in [3.8, 4) is 0 Å². The summed E-state index contributed by atoms with van der Waals surface area (Å²) in [6.45, 7) is 11.4. The summed E-state index contributed by atoms with van der Waals surface area (Å²) >= 11 is 0. The van der Waals surface area contributed by atoms with Crippen LogP contribution in [-0.4, -0.2) is 48.3 Å². The Kier molecular flexibility index (Phi) is 6.45. The molecule has 3 nitrogen and oxygen atoms in total. The summed E-state index contributed by atoms with van der Waals surface area (Å²) in [6.07, 6.45) is 4.98. The van der Waals surface area contributed by atoms with E-state index in [-0.39, 0.29) is 12.1 Å². The summed E-state index contributed by atoms with van der Waals surface area (Å²) in [4.78, 5) is 2.58. The Labute approximate surface area is 107 Å². The van der Waals surface area contributed by atoms with Crippen molar-refractivity contribution in [2.75, 3.05) is 32.8 Å². The highest BCUT2D eigenvalue weighted by Crippen LogP contribution is 2.17. The van der Waals surface area contributed by atoms with Crippen LogP contribution in [-0.2, 0) is 0 Å². The summed E-state index contributed by atoms with van der Waals surface area (Å²) in [5.74, 6) is 0.863. The second-order valence-corrected chi connectivity index (χ2v) is 5.90. The van der Waals surface area contributed by atoms with E-state index in [1.54, 1.807) is 0 Å². The van der Waals surface area contributed by atoms with Gasteiger partial charge in [-0.25, -0.2) is 0 Å². The minimum absolute atomic E-state index is 0.0871. The molecule has 0 radical (unpaired) electrons. The molecule has 0 aromatic carbocycles. The average Bonchev–Trinajstić information content (AvgIpc) is 2.29. The van der Waals surface area contributed by atoms with Crippen LogP contribution in [0.4, 0.5) is 0 Å². The molecule has 3 heteroatoms. The minimum Gasteiger partial charge on any atom is -0.394 e. The van der Waals surface area contributed by atoms with E-state index in [9.17, 15) is 5.11 Å². The fourth-order valence-electron chi connectivity index (χ4n) is 2.83. The zero-order valence-corrected chi connectivity index (χ0v) is 11.8. The number of aliphatic hydroxyl groups is 1. The first-order chi connectivity index (χ1) is 8.09. The summed E-state index contributed by atoms with van der Waals surface area (Å²) in [5.41, 5.74) is -0.0871. The van der Waals surface area contributed by atoms with Gasteiger partial charge in [-0.1, -0.05) is 13.8 Å². The van der Waals surface area contributed by atoms with Gasteiger partial charge in [0.2, 0.25) is 0 Å². The highest BCUT2D eigenvalue weighted by molar-refractivity contribution is 4.82. The molecule has 1 aliphatic rings. The molecular formula is C14H30N2O. The standard InChI is InChI=1S/C14H30N2O/c1-4-15-14(3,12-17)8-6-10-16-9-5-7-13(2)11-16/h13,15,17H,4-12H2,1-3H3. The lowest BCUT2D eigenvalue weighted by Crippen LogP contribution is -2.46. The number of hydrogen-bond acceptors (Lipinski definition) is 3. The highest BCUT2D eigenvalue weighted by atomic mass is 16.3. The molecule has 1 heterocycles. The topological polar surface area (TPSA) is 35.5 Å². The number of aliphatic hydroxyl groups excluding tert-OH is 1. The predicted octanol–water partition coefficient (Wildman–Crippen LogP) is 1.86. The van der Waals surface area contributed by atoms with Gasteiger partial charge in [0.25, 0.3) is 0 Å². The molecule has 1 saturated heterocycles. The first-order valence-electron chi connectivity index (χ1n) is 7.18. The largest absolute Gasteiger partial charge is 0.394 e. The Bertz CT molecular complexity index is 210. The molecule has 0 amide bonds. The summed E-state index contributed by atoms with van der Waals surface area (Å²) in [5, 5.41) is 12.8. The maximum Gasteiger partial charge on any atom is 0.0610 e. The SMILES string of the molecule is CCNC(C)(CO)CCCN1CCCC(C)C1. The van der Waals surface area contributed by atoms with E-state index in [0.717, 1.165) is 18.9 Å². The van der Waals surface area contributed by atoms with Crippen molar-refractivity contribution in [2.24, 2.45) is 5.92 Å². The number of piperidine rings is 1. The minimum atomic E-state index is -0.0871. The van der Waals surface area contributed by atoms with E-state index in [2.05, 4.69) is 31.0 Å². The van der Waals surface area contributed by atoms with Crippen LogP contribution in [0.5, 0.6) is 0 Å². The fourth-order valence-corrected chi connectivity index (χ4v) is 2.83. The van der Waals surface area contributed by atoms with Crippen LogP contribution >= 0.6 is 0 Å². The van der Waals surface area contributed by atoms with Gasteiger partial charge in [-0.15, -0.1) is 0 Å². The van der Waals surface area contributed by atoms with Crippen LogP contribution < -0.4 is 5.32 Å². The van der Waals surface area contributed by atoms with Crippen LogP contribution in [0.15, 0.2) is 0 Å². The summed E-state index contributed by atoms with van der Waals surface area (Å²) < 4.78 is 0. The first kappa shape index (κ1) is 14.9. The lowest BCUT2D eigenvalue weighted by atomic mass is 9.95. The zero-order valence-electron chi connectivity index (χ0n) is 11.8. The van der Waals surface area contributed by atoms with Gasteiger partial charge in [0.15, 0.2) is 0 Å². The molecule has 0 aromatic rings. The van der Waals surface area contributed by atoms with Crippen LogP contribution in [0.25, 0.3) is 0 Å². The molecule has 0 spiro atoms. The van der Waals surface area contributed by atoms with Crippen molar-refractivity contribution in [3.05, 3.63) is 0 Å². The number of nitrogens with one attached hydrogen (secondary N) is 1. The van der Waals surface area contributed by atoms with Gasteiger partial charge in [0.1, 0.15) is 0 Å². The van der Waals surface area contributed by atoms with Gasteiger partial charge in [0.05, 0.1) is 6.61 Å². The van der Waals surface area contributed by atoms with Crippen molar-refractivity contribution in [2.45, 2.75) is 52.0 Å². The van der Waals surface area contributed by atoms with Crippen LogP contribution in [0.3, 0.4) is 0 Å². The monoisotopic (exact) mass is 242 g/mol. The number of likely N-dealkylation sites (tertiary alicyclic amines) is 1. The van der Waals surface area contributed by atoms with Gasteiger partial charge in [0, 0.05) is 12.1 Å². The normalized spacial score (nSPS) is 25.8. The molecule has 0 aromatic heterocycles. The van der Waals surface area contributed by atoms with Gasteiger partial charge < -0.3 is 15.3 Å². The van der Waals surface area contributed by atoms with Gasteiger partial charge in [-0.3, -0.25) is 0 Å². The molecular weight excluding hydrogens is 212 g/mol. The third-order valence-electron chi connectivity index (χ3n) is 3.90. The second-order valence-electron chi connectivity index (χ2n) is 5.90. The first-order valence-corrected chi connectivity index (χ1v) is 7.18. The van der Waals surface area contributed by atoms with Gasteiger partial charge in [-0.05, 0) is 58.2 Å². The lowest BCUT2D eigenvalue weighted by Gasteiger charge is -2.33. The number of likely N-dealkylation sites (N-methyl/N-ethyl adjacent to an activating group) is 1. The van der Waals surface area contributed by atoms with Crippen LogP contribution in [0, 0.1) is 5.92 Å². The van der Waals surface area contributed by atoms with E-state index in [0.29, 0.717) is 0 Å². The molecule has 2 atom stereocenters. The molecule has 2 unspecified atom stereocenters. The highest BCUT2D eigenvalue weighted by Gasteiger charge is 2.22. The summed E-state index contributed by atoms with van der Waals surface area (Å²) in [6, 6.07) is 0. The molecule has 0 bridgehead atoms. The van der Waals surface area contributed by atoms with Crippen molar-refractivity contribution in [1.29, 1.82) is 0 Å². The number of hydrogen-bond donors (Lipinski definition) is 2. The van der Waals surface area contributed by atoms with Crippen molar-refractivity contribution in [1.82, 2.24) is 10.2 Å². The zero-order chi connectivity index (χ0) is 12.7. The smallest absolute Gasteiger partial charge is 0.0610 e. The lowest BCUT2D eigenvalue weighted by molar-refractivity contribution is 0.145. The van der Waals surface area contributed by atoms with Crippen molar-refractivity contribution < 1.29 is 5.11 Å². The third kappa shape index (κ3) is 5.36. The molecule has 102 valence electrons. The molecule has 0 saturated carbocycles. The quantitative estimate of drug-likeness (QED) is 0.715. The van der Waals surface area contributed by atoms with Crippen LogP contribution in [0.1, 0.15) is 46.5 Å². The third-order valence-corrected chi connectivity index (χ3v) is 3.90. The molecule has 1 aliphatic heterocycles. The Morgan fingerprint density at radius 3 is 2.82 bits per heavy atom. The number of rotatable bonds is 7. The molecule has 17 heavy (non-hydrogen) atoms. The van der Waals surface area contributed by atoms with E-state index < -0.39 is 0 Å². The Morgan fingerprint density at radius 1 is 1.47 bits per heavy atom. The van der Waals surface area contributed by atoms with Crippen molar-refractivity contribution in [3.63, 3.8) is 0 Å². The van der Waals surface area contributed by atoms with Gasteiger partial charge >= 0.3 is 0 Å². The predicted molar refractivity (Wildman–Crippen MR) is 73.2 cm³/mol. The average molecular weight is 242 g/mol. The maximum absolute atomic E-state index is 9.42. The van der Waals surface area contributed by atoms with Gasteiger partial charge in [-0.2, -0.15) is 0 Å². The Balaban J connectivity index is 2.21. The second kappa shape index (κ2) is 7.34. The Morgan fingerprint density at radius 2 is 2.24 bits per heavy atom. The van der Waals surface area contributed by atoms with Crippen LogP contribution in [0.2, 0.25) is 0 Å². The van der Waals surface area contributed by atoms with E-state index in [1.807, 2.05) is 0 Å². The fraction of sp³-hybridized carbons (Fsp3) is 1.00. The van der Waals surface area contributed by atoms with Crippen molar-refractivity contribution >= 4 is 0 Å². The molecule has 1 rings (SSSR count). The van der Waals surface area contributed by atoms with E-state index >= 15 is 0 Å². The Hall–Kier alpha value is -0.120. The molecule has 2 N–H and O–H groups in total.